The number of methoxy groups -OCH3 is 2. The van der Waals surface area contributed by atoms with Crippen LogP contribution in [0, 0.1) is 27.7 Å². The third-order valence-electron chi connectivity index (χ3n) is 7.87. The molecule has 0 aromatic heterocycles. The molecule has 3 atom stereocenters. The van der Waals surface area contributed by atoms with Crippen LogP contribution in [0.5, 0.6) is 11.5 Å². The lowest BCUT2D eigenvalue weighted by Gasteiger charge is -2.25. The maximum atomic E-state index is 13.8. The summed E-state index contributed by atoms with van der Waals surface area (Å²) in [6, 6.07) is 28.7. The Morgan fingerprint density at radius 1 is 0.750 bits per heavy atom. The monoisotopic (exact) mass is 534 g/mol. The van der Waals surface area contributed by atoms with Gasteiger partial charge in [0, 0.05) is 6.54 Å². The fraction of sp³-hybridized carbons (Fsp3) is 0.286. The summed E-state index contributed by atoms with van der Waals surface area (Å²) in [5.74, 6) is 1.82. The zero-order valence-electron chi connectivity index (χ0n) is 24.2. The molecule has 1 N–H and O–H groups in total. The molecule has 1 unspecified atom stereocenters. The summed E-state index contributed by atoms with van der Waals surface area (Å²) >= 11 is 0. The number of hydrogen-bond donors (Lipinski definition) is 1. The highest BCUT2D eigenvalue weighted by molar-refractivity contribution is 5.86. The molecular formula is C35H38N2O3. The first-order chi connectivity index (χ1) is 19.3. The zero-order valence-corrected chi connectivity index (χ0v) is 24.2. The van der Waals surface area contributed by atoms with E-state index in [0.29, 0.717) is 6.54 Å². The first kappa shape index (κ1) is 27.5. The lowest BCUT2D eigenvalue weighted by molar-refractivity contribution is -0.121. The van der Waals surface area contributed by atoms with Gasteiger partial charge in [-0.05, 0) is 72.2 Å². The molecule has 1 aliphatic rings. The number of ether oxygens (including phenoxy) is 2. The normalized spacial score (nSPS) is 17.9. The van der Waals surface area contributed by atoms with Crippen LogP contribution >= 0.6 is 0 Å². The summed E-state index contributed by atoms with van der Waals surface area (Å²) in [4.78, 5) is 16.2. The summed E-state index contributed by atoms with van der Waals surface area (Å²) in [6.45, 7) is 8.82. The van der Waals surface area contributed by atoms with Crippen LogP contribution in [-0.4, -0.2) is 31.1 Å². The number of carbonyl (C=O) groups excluding carboxylic acids is 1. The molecule has 5 nitrogen and oxygen atoms in total. The van der Waals surface area contributed by atoms with Gasteiger partial charge in [0.05, 0.1) is 26.3 Å². The van der Waals surface area contributed by atoms with E-state index in [4.69, 9.17) is 9.47 Å². The maximum absolute atomic E-state index is 13.8. The average molecular weight is 535 g/mol. The van der Waals surface area contributed by atoms with Crippen molar-refractivity contribution in [2.24, 2.45) is 0 Å². The van der Waals surface area contributed by atoms with E-state index in [1.165, 1.54) is 0 Å². The van der Waals surface area contributed by atoms with Crippen LogP contribution in [-0.2, 0) is 11.3 Å². The second-order valence-corrected chi connectivity index (χ2v) is 10.7. The van der Waals surface area contributed by atoms with E-state index in [1.54, 1.807) is 14.2 Å². The molecule has 0 aliphatic carbocycles. The third-order valence-corrected chi connectivity index (χ3v) is 7.87. The summed E-state index contributed by atoms with van der Waals surface area (Å²) in [5, 5.41) is 3.21. The number of hydrogen-bond acceptors (Lipinski definition) is 4. The lowest BCUT2D eigenvalue weighted by atomic mass is 9.92. The Morgan fingerprint density at radius 2 is 1.20 bits per heavy atom. The second-order valence-electron chi connectivity index (χ2n) is 10.7. The number of benzene rings is 4. The van der Waals surface area contributed by atoms with Gasteiger partial charge in [0.15, 0.2) is 0 Å². The number of rotatable bonds is 9. The molecular weight excluding hydrogens is 496 g/mol. The number of aryl methyl sites for hydroxylation is 4. The van der Waals surface area contributed by atoms with Gasteiger partial charge in [0.25, 0.3) is 0 Å². The van der Waals surface area contributed by atoms with E-state index >= 15 is 0 Å². The van der Waals surface area contributed by atoms with Crippen LogP contribution in [0.25, 0.3) is 0 Å². The Morgan fingerprint density at radius 3 is 1.65 bits per heavy atom. The molecule has 1 heterocycles. The minimum absolute atomic E-state index is 0.0339. The molecule has 5 rings (SSSR count). The predicted octanol–water partition coefficient (Wildman–Crippen LogP) is 6.77. The summed E-state index contributed by atoms with van der Waals surface area (Å²) in [6.07, 6.45) is 0. The van der Waals surface area contributed by atoms with Gasteiger partial charge < -0.3 is 14.8 Å². The molecule has 1 aliphatic heterocycles. The molecule has 1 saturated heterocycles. The van der Waals surface area contributed by atoms with E-state index in [0.717, 1.165) is 56.0 Å². The topological polar surface area (TPSA) is 50.6 Å². The van der Waals surface area contributed by atoms with Crippen molar-refractivity contribution >= 4 is 5.91 Å². The molecule has 0 spiro atoms. The highest BCUT2D eigenvalue weighted by atomic mass is 16.5. The molecule has 1 fully saturated rings. The van der Waals surface area contributed by atoms with Crippen molar-refractivity contribution in [2.45, 2.75) is 52.4 Å². The largest absolute Gasteiger partial charge is 0.496 e. The second kappa shape index (κ2) is 11.6. The SMILES string of the molecule is COc1c(C)cc(C(c2cc(C)c(OC)c(C)c2)N2[C@@H](C(=O)NCc3ccccc3)[C@@H]2c2ccccc2)cc1C. The maximum Gasteiger partial charge on any atom is 0.239 e. The summed E-state index contributed by atoms with van der Waals surface area (Å²) in [7, 11) is 3.43. The molecule has 1 amide bonds. The third kappa shape index (κ3) is 5.34. The van der Waals surface area contributed by atoms with Crippen molar-refractivity contribution in [1.29, 1.82) is 0 Å². The molecule has 0 bridgehead atoms. The van der Waals surface area contributed by atoms with Gasteiger partial charge >= 0.3 is 0 Å². The van der Waals surface area contributed by atoms with Gasteiger partial charge in [0.1, 0.15) is 17.5 Å². The minimum atomic E-state index is -0.304. The van der Waals surface area contributed by atoms with Crippen molar-refractivity contribution in [3.8, 4) is 11.5 Å². The van der Waals surface area contributed by atoms with Crippen LogP contribution in [0.3, 0.4) is 0 Å². The molecule has 5 heteroatoms. The van der Waals surface area contributed by atoms with E-state index in [2.05, 4.69) is 74.3 Å². The summed E-state index contributed by atoms with van der Waals surface area (Å²) in [5.41, 5.74) is 8.80. The van der Waals surface area contributed by atoms with Crippen LogP contribution < -0.4 is 14.8 Å². The first-order valence-electron chi connectivity index (χ1n) is 13.8. The molecule has 4 aromatic rings. The van der Waals surface area contributed by atoms with Gasteiger partial charge in [-0.15, -0.1) is 0 Å². The zero-order chi connectivity index (χ0) is 28.4. The Bertz CT molecular complexity index is 1390. The Balaban J connectivity index is 1.60. The van der Waals surface area contributed by atoms with Crippen LogP contribution in [0.1, 0.15) is 56.6 Å². The smallest absolute Gasteiger partial charge is 0.239 e. The fourth-order valence-corrected chi connectivity index (χ4v) is 6.21. The minimum Gasteiger partial charge on any atom is -0.496 e. The van der Waals surface area contributed by atoms with Crippen molar-refractivity contribution < 1.29 is 14.3 Å². The van der Waals surface area contributed by atoms with E-state index in [1.807, 2.05) is 48.5 Å². The number of amides is 1. The Labute approximate surface area is 237 Å². The van der Waals surface area contributed by atoms with Crippen molar-refractivity contribution in [3.05, 3.63) is 129 Å². The van der Waals surface area contributed by atoms with Gasteiger partial charge in [-0.2, -0.15) is 0 Å². The van der Waals surface area contributed by atoms with Crippen molar-refractivity contribution in [3.63, 3.8) is 0 Å². The highest BCUT2D eigenvalue weighted by Gasteiger charge is 2.57. The lowest BCUT2D eigenvalue weighted by Crippen LogP contribution is -2.30. The van der Waals surface area contributed by atoms with E-state index in [9.17, 15) is 4.79 Å². The Hall–Kier alpha value is -4.09. The fourth-order valence-electron chi connectivity index (χ4n) is 6.21. The standard InChI is InChI=1S/C35H38N2O3/c1-22-17-28(18-23(2)33(22)39-5)30(29-19-24(3)34(40-6)25(4)20-29)37-31(27-15-11-8-12-16-27)32(37)35(38)36-21-26-13-9-7-10-14-26/h7-20,30-32H,21H2,1-6H3,(H,36,38)/t31-,32+,37?/m0/s1. The van der Waals surface area contributed by atoms with Crippen molar-refractivity contribution in [2.75, 3.05) is 14.2 Å². The molecule has 206 valence electrons. The Kier molecular flexibility index (Phi) is 7.95. The van der Waals surface area contributed by atoms with Gasteiger partial charge in [0.2, 0.25) is 5.91 Å². The van der Waals surface area contributed by atoms with Crippen LogP contribution in [0.2, 0.25) is 0 Å². The van der Waals surface area contributed by atoms with E-state index in [-0.39, 0.29) is 24.0 Å². The summed E-state index contributed by atoms with van der Waals surface area (Å²) < 4.78 is 11.4. The van der Waals surface area contributed by atoms with Gasteiger partial charge in [-0.1, -0.05) is 84.9 Å². The predicted molar refractivity (Wildman–Crippen MR) is 160 cm³/mol. The number of carbonyl (C=O) groups is 1. The average Bonchev–Trinajstić information content (AvgIpc) is 3.68. The van der Waals surface area contributed by atoms with Gasteiger partial charge in [-0.25, -0.2) is 0 Å². The highest BCUT2D eigenvalue weighted by Crippen LogP contribution is 2.53. The van der Waals surface area contributed by atoms with Gasteiger partial charge in [-0.3, -0.25) is 9.69 Å². The quantitative estimate of drug-likeness (QED) is 0.241. The number of nitrogens with zero attached hydrogens (tertiary/aromatic N) is 1. The molecule has 40 heavy (non-hydrogen) atoms. The van der Waals surface area contributed by atoms with E-state index < -0.39 is 0 Å². The molecule has 0 radical (unpaired) electrons. The van der Waals surface area contributed by atoms with Crippen molar-refractivity contribution in [1.82, 2.24) is 10.2 Å². The molecule has 0 saturated carbocycles. The molecule has 4 aromatic carbocycles. The van der Waals surface area contributed by atoms with Crippen LogP contribution in [0.4, 0.5) is 0 Å². The first-order valence-corrected chi connectivity index (χ1v) is 13.8. The number of nitrogens with one attached hydrogen (secondary N) is 1. The van der Waals surface area contributed by atoms with Crippen LogP contribution in [0.15, 0.2) is 84.9 Å².